The van der Waals surface area contributed by atoms with Gasteiger partial charge in [-0.3, -0.25) is 4.79 Å². The van der Waals surface area contributed by atoms with Crippen LogP contribution in [0.15, 0.2) is 0 Å². The second-order valence-electron chi connectivity index (χ2n) is 3.52. The molecule has 2 N–H and O–H groups in total. The topological polar surface area (TPSA) is 44.4 Å². The van der Waals surface area contributed by atoms with Crippen molar-refractivity contribution in [3.63, 3.8) is 0 Å². The molecular formula is C8H14F3N3O. The van der Waals surface area contributed by atoms with Crippen molar-refractivity contribution in [2.45, 2.75) is 12.2 Å². The number of hydrogen-bond donors (Lipinski definition) is 2. The fourth-order valence-electron chi connectivity index (χ4n) is 1.44. The zero-order chi connectivity index (χ0) is 11.5. The third kappa shape index (κ3) is 4.05. The van der Waals surface area contributed by atoms with Crippen molar-refractivity contribution >= 4 is 5.91 Å². The molecule has 0 aromatic carbocycles. The summed E-state index contributed by atoms with van der Waals surface area (Å²) in [5, 5.41) is 5.81. The molecule has 1 atom stereocenters. The van der Waals surface area contributed by atoms with Gasteiger partial charge in [-0.25, -0.2) is 0 Å². The number of carbonyl (C=O) groups excluding carboxylic acids is 1. The third-order valence-electron chi connectivity index (χ3n) is 2.13. The molecular weight excluding hydrogens is 211 g/mol. The van der Waals surface area contributed by atoms with E-state index in [0.717, 1.165) is 13.6 Å². The molecule has 0 aromatic rings. The van der Waals surface area contributed by atoms with Crippen molar-refractivity contribution in [1.82, 2.24) is 15.5 Å². The summed E-state index contributed by atoms with van der Waals surface area (Å²) in [6.07, 6.45) is -4.34. The standard InChI is InChI=1S/C8H14F3N3O/c1-14(5-8(9,10)11)7(15)6-4-12-2-3-13-6/h6,12-13H,2-5H2,1H3. The van der Waals surface area contributed by atoms with Gasteiger partial charge >= 0.3 is 6.18 Å². The van der Waals surface area contributed by atoms with E-state index in [9.17, 15) is 18.0 Å². The quantitative estimate of drug-likeness (QED) is 0.670. The number of carbonyl (C=O) groups is 1. The van der Waals surface area contributed by atoms with Gasteiger partial charge < -0.3 is 15.5 Å². The first-order valence-corrected chi connectivity index (χ1v) is 4.66. The Morgan fingerprint density at radius 3 is 2.60 bits per heavy atom. The van der Waals surface area contributed by atoms with Crippen molar-refractivity contribution in [2.24, 2.45) is 0 Å². The lowest BCUT2D eigenvalue weighted by atomic mass is 10.2. The lowest BCUT2D eigenvalue weighted by Gasteiger charge is -2.28. The number of halogens is 3. The minimum absolute atomic E-state index is 0.376. The van der Waals surface area contributed by atoms with Crippen LogP contribution in [0.4, 0.5) is 13.2 Å². The maximum Gasteiger partial charge on any atom is 0.406 e. The molecule has 0 saturated carbocycles. The van der Waals surface area contributed by atoms with Crippen LogP contribution in [0.1, 0.15) is 0 Å². The Labute approximate surface area is 85.8 Å². The molecule has 1 fully saturated rings. The first-order chi connectivity index (χ1) is 6.90. The summed E-state index contributed by atoms with van der Waals surface area (Å²) in [5.74, 6) is -0.528. The van der Waals surface area contributed by atoms with Gasteiger partial charge in [-0.1, -0.05) is 0 Å². The van der Waals surface area contributed by atoms with Crippen LogP contribution in [0.25, 0.3) is 0 Å². The van der Waals surface area contributed by atoms with Gasteiger partial charge in [0, 0.05) is 26.7 Å². The number of piperazine rings is 1. The number of rotatable bonds is 2. The molecule has 0 bridgehead atoms. The van der Waals surface area contributed by atoms with Crippen LogP contribution in [-0.2, 0) is 4.79 Å². The van der Waals surface area contributed by atoms with Crippen LogP contribution in [0, 0.1) is 0 Å². The highest BCUT2D eigenvalue weighted by molar-refractivity contribution is 5.82. The zero-order valence-corrected chi connectivity index (χ0v) is 8.40. The van der Waals surface area contributed by atoms with E-state index in [4.69, 9.17) is 0 Å². The van der Waals surface area contributed by atoms with Crippen LogP contribution in [0.2, 0.25) is 0 Å². The Morgan fingerprint density at radius 1 is 1.47 bits per heavy atom. The van der Waals surface area contributed by atoms with Gasteiger partial charge in [0.25, 0.3) is 0 Å². The van der Waals surface area contributed by atoms with Gasteiger partial charge in [0.1, 0.15) is 6.54 Å². The average Bonchev–Trinajstić information content (AvgIpc) is 2.15. The van der Waals surface area contributed by atoms with Gasteiger partial charge in [0.2, 0.25) is 5.91 Å². The SMILES string of the molecule is CN(CC(F)(F)F)C(=O)C1CNCCN1. The fourth-order valence-corrected chi connectivity index (χ4v) is 1.44. The van der Waals surface area contributed by atoms with E-state index < -0.39 is 24.7 Å². The highest BCUT2D eigenvalue weighted by atomic mass is 19.4. The number of nitrogens with zero attached hydrogens (tertiary/aromatic N) is 1. The Kier molecular flexibility index (Phi) is 3.92. The number of amides is 1. The minimum atomic E-state index is -4.34. The summed E-state index contributed by atoms with van der Waals surface area (Å²) >= 11 is 0. The molecule has 0 aromatic heterocycles. The highest BCUT2D eigenvalue weighted by Crippen LogP contribution is 2.15. The minimum Gasteiger partial charge on any atom is -0.335 e. The van der Waals surface area contributed by atoms with Crippen LogP contribution < -0.4 is 10.6 Å². The molecule has 1 aliphatic heterocycles. The second-order valence-corrected chi connectivity index (χ2v) is 3.52. The molecule has 88 valence electrons. The molecule has 1 heterocycles. The summed E-state index contributed by atoms with van der Waals surface area (Å²) in [6, 6.07) is -0.550. The van der Waals surface area contributed by atoms with Gasteiger partial charge in [0.05, 0.1) is 6.04 Å². The Hall–Kier alpha value is -0.820. The second kappa shape index (κ2) is 4.80. The van der Waals surface area contributed by atoms with E-state index in [1.165, 1.54) is 0 Å². The van der Waals surface area contributed by atoms with Crippen molar-refractivity contribution < 1.29 is 18.0 Å². The number of hydrogen-bond acceptors (Lipinski definition) is 3. The predicted molar refractivity (Wildman–Crippen MR) is 48.4 cm³/mol. The summed E-state index contributed by atoms with van der Waals surface area (Å²) in [7, 11) is 1.16. The van der Waals surface area contributed by atoms with Gasteiger partial charge in [0.15, 0.2) is 0 Å². The first-order valence-electron chi connectivity index (χ1n) is 4.66. The molecule has 1 rings (SSSR count). The van der Waals surface area contributed by atoms with Crippen molar-refractivity contribution in [3.05, 3.63) is 0 Å². The normalized spacial score (nSPS) is 22.5. The zero-order valence-electron chi connectivity index (χ0n) is 8.40. The highest BCUT2D eigenvalue weighted by Gasteiger charge is 2.33. The van der Waals surface area contributed by atoms with E-state index in [0.29, 0.717) is 18.0 Å². The van der Waals surface area contributed by atoms with E-state index in [1.54, 1.807) is 0 Å². The summed E-state index contributed by atoms with van der Waals surface area (Å²) in [4.78, 5) is 12.2. The lowest BCUT2D eigenvalue weighted by molar-refractivity contribution is -0.159. The lowest BCUT2D eigenvalue weighted by Crippen LogP contribution is -2.56. The molecule has 7 heteroatoms. The first kappa shape index (κ1) is 12.3. The molecule has 1 aliphatic rings. The summed E-state index contributed by atoms with van der Waals surface area (Å²) < 4.78 is 36.0. The monoisotopic (exact) mass is 225 g/mol. The van der Waals surface area contributed by atoms with Gasteiger partial charge in [-0.15, -0.1) is 0 Å². The molecule has 15 heavy (non-hydrogen) atoms. The van der Waals surface area contributed by atoms with E-state index >= 15 is 0 Å². The number of likely N-dealkylation sites (N-methyl/N-ethyl adjacent to an activating group) is 1. The third-order valence-corrected chi connectivity index (χ3v) is 2.13. The molecule has 1 unspecified atom stereocenters. The van der Waals surface area contributed by atoms with Crippen LogP contribution in [0.5, 0.6) is 0 Å². The summed E-state index contributed by atoms with van der Waals surface area (Å²) in [6.45, 7) is 0.494. The van der Waals surface area contributed by atoms with Crippen molar-refractivity contribution in [3.8, 4) is 0 Å². The van der Waals surface area contributed by atoms with Gasteiger partial charge in [-0.05, 0) is 0 Å². The molecule has 0 aliphatic carbocycles. The van der Waals surface area contributed by atoms with Crippen LogP contribution >= 0.6 is 0 Å². The van der Waals surface area contributed by atoms with Crippen LogP contribution in [-0.4, -0.2) is 56.3 Å². The number of alkyl halides is 3. The van der Waals surface area contributed by atoms with Crippen LogP contribution in [0.3, 0.4) is 0 Å². The largest absolute Gasteiger partial charge is 0.406 e. The molecule has 0 spiro atoms. The fraction of sp³-hybridized carbons (Fsp3) is 0.875. The number of nitrogens with one attached hydrogen (secondary N) is 2. The summed E-state index contributed by atoms with van der Waals surface area (Å²) in [5.41, 5.74) is 0. The molecule has 4 nitrogen and oxygen atoms in total. The Balaban J connectivity index is 2.44. The van der Waals surface area contributed by atoms with Crippen molar-refractivity contribution in [1.29, 1.82) is 0 Å². The molecule has 1 saturated heterocycles. The van der Waals surface area contributed by atoms with Gasteiger partial charge in [-0.2, -0.15) is 13.2 Å². The molecule has 0 radical (unpaired) electrons. The maximum atomic E-state index is 12.0. The maximum absolute atomic E-state index is 12.0. The Bertz CT molecular complexity index is 226. The van der Waals surface area contributed by atoms with E-state index in [-0.39, 0.29) is 0 Å². The Morgan fingerprint density at radius 2 is 2.13 bits per heavy atom. The molecule has 1 amide bonds. The van der Waals surface area contributed by atoms with E-state index in [2.05, 4.69) is 10.6 Å². The smallest absolute Gasteiger partial charge is 0.335 e. The van der Waals surface area contributed by atoms with Crippen molar-refractivity contribution in [2.75, 3.05) is 33.2 Å². The van der Waals surface area contributed by atoms with E-state index in [1.807, 2.05) is 0 Å². The average molecular weight is 225 g/mol. The predicted octanol–water partition coefficient (Wildman–Crippen LogP) is -0.432.